The molecule has 1 saturated heterocycles. The van der Waals surface area contributed by atoms with Crippen LogP contribution in [0.4, 0.5) is 0 Å². The number of carboxylic acid groups (broad SMARTS) is 1. The van der Waals surface area contributed by atoms with Gasteiger partial charge in [-0.15, -0.1) is 11.3 Å². The van der Waals surface area contributed by atoms with E-state index in [1.54, 1.807) is 11.1 Å². The van der Waals surface area contributed by atoms with Crippen molar-refractivity contribution in [3.8, 4) is 10.6 Å². The minimum Gasteiger partial charge on any atom is -0.481 e. The summed E-state index contributed by atoms with van der Waals surface area (Å²) in [5, 5.41) is 10.5. The van der Waals surface area contributed by atoms with E-state index in [0.717, 1.165) is 21.8 Å². The minimum absolute atomic E-state index is 0.0823. The maximum atomic E-state index is 13.3. The Labute approximate surface area is 179 Å². The molecule has 0 aliphatic carbocycles. The summed E-state index contributed by atoms with van der Waals surface area (Å²) in [5.74, 6) is -1.61. The average Bonchev–Trinajstić information content (AvgIpc) is 3.15. The molecule has 1 aliphatic heterocycles. The van der Waals surface area contributed by atoms with Gasteiger partial charge in [-0.1, -0.05) is 30.3 Å². The largest absolute Gasteiger partial charge is 0.481 e. The van der Waals surface area contributed by atoms with E-state index in [2.05, 4.69) is 9.97 Å². The van der Waals surface area contributed by atoms with Crippen molar-refractivity contribution in [3.05, 3.63) is 70.5 Å². The molecule has 154 valence electrons. The van der Waals surface area contributed by atoms with Crippen LogP contribution in [0.5, 0.6) is 0 Å². The molecule has 2 aromatic heterocycles. The molecule has 4 rings (SSSR count). The third-order valence-corrected chi connectivity index (χ3v) is 6.79. The van der Waals surface area contributed by atoms with Crippen molar-refractivity contribution in [2.45, 2.75) is 26.2 Å². The van der Waals surface area contributed by atoms with Gasteiger partial charge in [-0.2, -0.15) is 0 Å². The van der Waals surface area contributed by atoms with Gasteiger partial charge in [-0.05, 0) is 38.0 Å². The Bertz CT molecular complexity index is 1060. The Hall–Kier alpha value is -3.06. The van der Waals surface area contributed by atoms with Crippen LogP contribution in [0.25, 0.3) is 10.6 Å². The van der Waals surface area contributed by atoms with Crippen LogP contribution < -0.4 is 0 Å². The van der Waals surface area contributed by atoms with Gasteiger partial charge in [0.05, 0.1) is 11.6 Å². The van der Waals surface area contributed by atoms with Crippen molar-refractivity contribution < 1.29 is 14.7 Å². The molecule has 1 fully saturated rings. The molecule has 2 unspecified atom stereocenters. The van der Waals surface area contributed by atoms with Gasteiger partial charge in [0.2, 0.25) is 0 Å². The number of hydrogen-bond acceptors (Lipinski definition) is 5. The Kier molecular flexibility index (Phi) is 5.63. The van der Waals surface area contributed by atoms with Gasteiger partial charge in [-0.25, -0.2) is 4.98 Å². The monoisotopic (exact) mass is 421 g/mol. The fraction of sp³-hybridized carbons (Fsp3) is 0.304. The van der Waals surface area contributed by atoms with Crippen molar-refractivity contribution in [2.75, 3.05) is 13.1 Å². The normalized spacial score (nSPS) is 18.9. The van der Waals surface area contributed by atoms with Crippen LogP contribution in [-0.4, -0.2) is 44.9 Å². The summed E-state index contributed by atoms with van der Waals surface area (Å²) < 4.78 is 0. The first-order valence-electron chi connectivity index (χ1n) is 9.91. The number of likely N-dealkylation sites (tertiary alicyclic amines) is 1. The zero-order chi connectivity index (χ0) is 21.3. The smallest absolute Gasteiger partial charge is 0.307 e. The number of amides is 1. The topological polar surface area (TPSA) is 83.4 Å². The average molecular weight is 422 g/mol. The third kappa shape index (κ3) is 3.98. The van der Waals surface area contributed by atoms with Gasteiger partial charge < -0.3 is 10.0 Å². The van der Waals surface area contributed by atoms with Crippen LogP contribution >= 0.6 is 11.3 Å². The number of benzene rings is 1. The van der Waals surface area contributed by atoms with E-state index in [0.29, 0.717) is 30.1 Å². The summed E-state index contributed by atoms with van der Waals surface area (Å²) in [6.07, 6.45) is 2.21. The quantitative estimate of drug-likeness (QED) is 0.684. The predicted molar refractivity (Wildman–Crippen MR) is 116 cm³/mol. The zero-order valence-electron chi connectivity index (χ0n) is 16.9. The van der Waals surface area contributed by atoms with Crippen LogP contribution in [0.3, 0.4) is 0 Å². The fourth-order valence-corrected chi connectivity index (χ4v) is 4.95. The van der Waals surface area contributed by atoms with Crippen LogP contribution in [-0.2, 0) is 4.79 Å². The second-order valence-corrected chi connectivity index (χ2v) is 8.62. The molecule has 0 bridgehead atoms. The summed E-state index contributed by atoms with van der Waals surface area (Å²) in [6, 6.07) is 13.5. The van der Waals surface area contributed by atoms with Crippen LogP contribution in [0.2, 0.25) is 0 Å². The lowest BCUT2D eigenvalue weighted by Gasteiger charge is -2.37. The van der Waals surface area contributed by atoms with Gasteiger partial charge in [-0.3, -0.25) is 14.6 Å². The highest BCUT2D eigenvalue weighted by atomic mass is 32.1. The Balaban J connectivity index is 1.59. The second kappa shape index (κ2) is 8.36. The summed E-state index contributed by atoms with van der Waals surface area (Å²) in [5.41, 5.74) is 3.46. The Morgan fingerprint density at radius 2 is 1.90 bits per heavy atom. The molecule has 0 saturated carbocycles. The number of pyridine rings is 1. The molecule has 1 aliphatic rings. The number of piperidine rings is 1. The highest BCUT2D eigenvalue weighted by molar-refractivity contribution is 7.17. The summed E-state index contributed by atoms with van der Waals surface area (Å²) in [4.78, 5) is 36.4. The van der Waals surface area contributed by atoms with Gasteiger partial charge in [0.1, 0.15) is 9.88 Å². The molecule has 0 radical (unpaired) electrons. The van der Waals surface area contributed by atoms with E-state index >= 15 is 0 Å². The van der Waals surface area contributed by atoms with E-state index in [9.17, 15) is 14.7 Å². The number of thiazole rings is 1. The zero-order valence-corrected chi connectivity index (χ0v) is 17.7. The molecular weight excluding hydrogens is 398 g/mol. The van der Waals surface area contributed by atoms with E-state index in [-0.39, 0.29) is 11.8 Å². The number of aryl methyl sites for hydroxylation is 2. The molecular formula is C23H23N3O3S. The molecule has 1 aromatic carbocycles. The highest BCUT2D eigenvalue weighted by Crippen LogP contribution is 2.35. The molecule has 2 atom stereocenters. The second-order valence-electron chi connectivity index (χ2n) is 7.62. The lowest BCUT2D eigenvalue weighted by atomic mass is 9.80. The fourth-order valence-electron chi connectivity index (χ4n) is 3.93. The van der Waals surface area contributed by atoms with Crippen LogP contribution in [0.15, 0.2) is 48.7 Å². The van der Waals surface area contributed by atoms with Crippen molar-refractivity contribution in [2.24, 2.45) is 5.92 Å². The lowest BCUT2D eigenvalue weighted by Crippen LogP contribution is -2.44. The lowest BCUT2D eigenvalue weighted by molar-refractivity contribution is -0.144. The van der Waals surface area contributed by atoms with E-state index in [4.69, 9.17) is 0 Å². The maximum absolute atomic E-state index is 13.3. The van der Waals surface area contributed by atoms with E-state index in [1.165, 1.54) is 11.3 Å². The summed E-state index contributed by atoms with van der Waals surface area (Å²) in [6.45, 7) is 4.58. The van der Waals surface area contributed by atoms with Gasteiger partial charge >= 0.3 is 5.97 Å². The molecule has 7 heteroatoms. The van der Waals surface area contributed by atoms with E-state index < -0.39 is 11.9 Å². The van der Waals surface area contributed by atoms with Crippen molar-refractivity contribution in [1.82, 2.24) is 14.9 Å². The minimum atomic E-state index is -0.806. The van der Waals surface area contributed by atoms with Crippen LogP contribution in [0.1, 0.15) is 39.0 Å². The number of hydrogen-bond donors (Lipinski definition) is 1. The molecule has 1 N–H and O–H groups in total. The first kappa shape index (κ1) is 20.2. The standard InChI is InChI=1S/C23H23N3O3S/c1-14-8-9-17(12-24-14)21-25-15(2)20(30-21)22(27)26-11-10-18(23(28)29)19(13-26)16-6-4-3-5-7-16/h3-9,12,18-19H,10-11,13H2,1-2H3,(H,28,29). The Morgan fingerprint density at radius 3 is 2.57 bits per heavy atom. The van der Waals surface area contributed by atoms with Crippen LogP contribution in [0, 0.1) is 19.8 Å². The molecule has 1 amide bonds. The highest BCUT2D eigenvalue weighted by Gasteiger charge is 2.37. The predicted octanol–water partition coefficient (Wildman–Crippen LogP) is 4.15. The maximum Gasteiger partial charge on any atom is 0.307 e. The molecule has 0 spiro atoms. The number of rotatable bonds is 4. The summed E-state index contributed by atoms with van der Waals surface area (Å²) >= 11 is 1.37. The van der Waals surface area contributed by atoms with Gasteiger partial charge in [0.25, 0.3) is 5.91 Å². The van der Waals surface area contributed by atoms with E-state index in [1.807, 2.05) is 56.3 Å². The SMILES string of the molecule is Cc1ccc(-c2nc(C)c(C(=O)N3CCC(C(=O)O)C(c4ccccc4)C3)s2)cn1. The molecule has 3 aromatic rings. The Morgan fingerprint density at radius 1 is 1.13 bits per heavy atom. The van der Waals surface area contributed by atoms with Crippen molar-refractivity contribution in [3.63, 3.8) is 0 Å². The number of carboxylic acids is 1. The molecule has 6 nitrogen and oxygen atoms in total. The number of aromatic nitrogens is 2. The van der Waals surface area contributed by atoms with Crippen molar-refractivity contribution in [1.29, 1.82) is 0 Å². The van der Waals surface area contributed by atoms with Crippen molar-refractivity contribution >= 4 is 23.2 Å². The molecule has 30 heavy (non-hydrogen) atoms. The number of carbonyl (C=O) groups excluding carboxylic acids is 1. The third-order valence-electron chi connectivity index (χ3n) is 5.59. The molecule has 3 heterocycles. The van der Waals surface area contributed by atoms with Gasteiger partial charge in [0.15, 0.2) is 0 Å². The number of carbonyl (C=O) groups is 2. The van der Waals surface area contributed by atoms with Gasteiger partial charge in [0, 0.05) is 36.5 Å². The number of nitrogens with zero attached hydrogens (tertiary/aromatic N) is 3. The first-order valence-corrected chi connectivity index (χ1v) is 10.7. The summed E-state index contributed by atoms with van der Waals surface area (Å²) in [7, 11) is 0. The first-order chi connectivity index (χ1) is 14.4. The number of aliphatic carboxylic acids is 1.